The van der Waals surface area contributed by atoms with Crippen molar-refractivity contribution in [1.29, 1.82) is 0 Å². The lowest BCUT2D eigenvalue weighted by molar-refractivity contribution is -0.119. The highest BCUT2D eigenvalue weighted by molar-refractivity contribution is 7.99. The molecule has 0 saturated carbocycles. The van der Waals surface area contributed by atoms with Crippen molar-refractivity contribution in [1.82, 2.24) is 20.1 Å². The number of ether oxygens (including phenoxy) is 1. The molecule has 0 spiro atoms. The average molecular weight is 334 g/mol. The third-order valence-electron chi connectivity index (χ3n) is 3.38. The van der Waals surface area contributed by atoms with E-state index < -0.39 is 0 Å². The summed E-state index contributed by atoms with van der Waals surface area (Å²) in [4.78, 5) is 11.9. The Labute approximate surface area is 140 Å². The van der Waals surface area contributed by atoms with Gasteiger partial charge in [-0.15, -0.1) is 10.2 Å². The lowest BCUT2D eigenvalue weighted by atomic mass is 10.1. The highest BCUT2D eigenvalue weighted by Gasteiger charge is 2.14. The monoisotopic (exact) mass is 334 g/mol. The van der Waals surface area contributed by atoms with E-state index in [9.17, 15) is 4.79 Å². The van der Waals surface area contributed by atoms with Crippen LogP contribution < -0.4 is 5.32 Å². The third kappa shape index (κ3) is 4.56. The summed E-state index contributed by atoms with van der Waals surface area (Å²) in [6, 6.07) is 8.04. The first-order chi connectivity index (χ1) is 11.0. The molecule has 0 unspecified atom stereocenters. The van der Waals surface area contributed by atoms with Gasteiger partial charge < -0.3 is 14.6 Å². The van der Waals surface area contributed by atoms with Crippen LogP contribution in [0.2, 0.25) is 0 Å². The predicted octanol–water partition coefficient (Wildman–Crippen LogP) is 2.03. The molecule has 124 valence electrons. The van der Waals surface area contributed by atoms with Crippen LogP contribution in [0.3, 0.4) is 0 Å². The summed E-state index contributed by atoms with van der Waals surface area (Å²) in [7, 11) is 3.53. The summed E-state index contributed by atoms with van der Waals surface area (Å²) in [5.74, 6) is 1.06. The van der Waals surface area contributed by atoms with E-state index in [0.717, 1.165) is 22.1 Å². The van der Waals surface area contributed by atoms with Gasteiger partial charge in [0.15, 0.2) is 11.0 Å². The molecule has 0 saturated heterocycles. The SMILES string of the molecule is COC[C@H](C)NC(=O)CSc1nnc(-c2ccccc2C)n1C. The summed E-state index contributed by atoms with van der Waals surface area (Å²) in [5.41, 5.74) is 2.19. The number of benzene rings is 1. The van der Waals surface area contributed by atoms with Crippen LogP contribution in [0.4, 0.5) is 0 Å². The van der Waals surface area contributed by atoms with E-state index in [2.05, 4.69) is 15.5 Å². The Morgan fingerprint density at radius 2 is 2.13 bits per heavy atom. The highest BCUT2D eigenvalue weighted by atomic mass is 32.2. The molecule has 1 aromatic heterocycles. The molecule has 7 heteroatoms. The van der Waals surface area contributed by atoms with Crippen molar-refractivity contribution < 1.29 is 9.53 Å². The Hall–Kier alpha value is -1.86. The molecule has 6 nitrogen and oxygen atoms in total. The van der Waals surface area contributed by atoms with E-state index in [1.807, 2.05) is 49.7 Å². The normalized spacial score (nSPS) is 12.2. The standard InChI is InChI=1S/C16H22N4O2S/c1-11-7-5-6-8-13(11)15-18-19-16(20(15)3)23-10-14(21)17-12(2)9-22-4/h5-8,12H,9-10H2,1-4H3,(H,17,21)/t12-/m0/s1. The Morgan fingerprint density at radius 1 is 1.39 bits per heavy atom. The molecule has 0 bridgehead atoms. The molecule has 23 heavy (non-hydrogen) atoms. The van der Waals surface area contributed by atoms with Crippen molar-refractivity contribution in [2.24, 2.45) is 7.05 Å². The molecular formula is C16H22N4O2S. The van der Waals surface area contributed by atoms with Crippen LogP contribution in [0.15, 0.2) is 29.4 Å². The van der Waals surface area contributed by atoms with Crippen LogP contribution in [0.1, 0.15) is 12.5 Å². The Morgan fingerprint density at radius 3 is 2.83 bits per heavy atom. The van der Waals surface area contributed by atoms with Crippen LogP contribution in [-0.4, -0.2) is 46.2 Å². The second-order valence-corrected chi connectivity index (χ2v) is 6.34. The van der Waals surface area contributed by atoms with E-state index in [1.165, 1.54) is 11.8 Å². The molecule has 0 radical (unpaired) electrons. The molecule has 2 aromatic rings. The molecule has 1 amide bonds. The van der Waals surface area contributed by atoms with Gasteiger partial charge in [-0.3, -0.25) is 4.79 Å². The summed E-state index contributed by atoms with van der Waals surface area (Å²) in [6.07, 6.45) is 0. The van der Waals surface area contributed by atoms with Crippen molar-refractivity contribution in [2.45, 2.75) is 25.0 Å². The molecule has 1 atom stereocenters. The zero-order valence-corrected chi connectivity index (χ0v) is 14.7. The maximum absolute atomic E-state index is 11.9. The molecule has 0 aliphatic rings. The van der Waals surface area contributed by atoms with Crippen LogP contribution >= 0.6 is 11.8 Å². The molecule has 2 rings (SSSR count). The van der Waals surface area contributed by atoms with Gasteiger partial charge in [-0.05, 0) is 19.4 Å². The Balaban J connectivity index is 2.00. The third-order valence-corrected chi connectivity index (χ3v) is 4.40. The first-order valence-electron chi connectivity index (χ1n) is 7.39. The number of carbonyl (C=O) groups excluding carboxylic acids is 1. The van der Waals surface area contributed by atoms with Gasteiger partial charge in [0.1, 0.15) is 0 Å². The lowest BCUT2D eigenvalue weighted by Crippen LogP contribution is -2.36. The van der Waals surface area contributed by atoms with Crippen molar-refractivity contribution >= 4 is 17.7 Å². The van der Waals surface area contributed by atoms with Gasteiger partial charge in [0, 0.05) is 25.8 Å². The van der Waals surface area contributed by atoms with E-state index in [0.29, 0.717) is 12.4 Å². The van der Waals surface area contributed by atoms with Gasteiger partial charge >= 0.3 is 0 Å². The van der Waals surface area contributed by atoms with Crippen molar-refractivity contribution in [3.05, 3.63) is 29.8 Å². The molecule has 0 aliphatic carbocycles. The van der Waals surface area contributed by atoms with E-state index in [4.69, 9.17) is 4.74 Å². The number of carbonyl (C=O) groups is 1. The summed E-state index contributed by atoms with van der Waals surface area (Å²) >= 11 is 1.37. The van der Waals surface area contributed by atoms with Gasteiger partial charge in [0.2, 0.25) is 5.91 Å². The quantitative estimate of drug-likeness (QED) is 0.785. The Kier molecular flexibility index (Phi) is 6.18. The van der Waals surface area contributed by atoms with E-state index in [-0.39, 0.29) is 11.9 Å². The smallest absolute Gasteiger partial charge is 0.230 e. The summed E-state index contributed by atoms with van der Waals surface area (Å²) in [5, 5.41) is 12.0. The average Bonchev–Trinajstić information content (AvgIpc) is 2.87. The fraction of sp³-hybridized carbons (Fsp3) is 0.438. The van der Waals surface area contributed by atoms with Crippen molar-refractivity contribution in [3.63, 3.8) is 0 Å². The molecular weight excluding hydrogens is 312 g/mol. The largest absolute Gasteiger partial charge is 0.383 e. The number of aryl methyl sites for hydroxylation is 1. The van der Waals surface area contributed by atoms with Crippen LogP contribution in [0.25, 0.3) is 11.4 Å². The highest BCUT2D eigenvalue weighted by Crippen LogP contribution is 2.24. The Bertz CT molecular complexity index is 672. The molecule has 1 aromatic carbocycles. The van der Waals surface area contributed by atoms with Crippen LogP contribution in [0, 0.1) is 6.92 Å². The lowest BCUT2D eigenvalue weighted by Gasteiger charge is -2.12. The number of rotatable bonds is 7. The van der Waals surface area contributed by atoms with Gasteiger partial charge in [-0.2, -0.15) is 0 Å². The number of hydrogen-bond donors (Lipinski definition) is 1. The maximum Gasteiger partial charge on any atom is 0.230 e. The number of amides is 1. The topological polar surface area (TPSA) is 69.0 Å². The van der Waals surface area contributed by atoms with Crippen molar-refractivity contribution in [3.8, 4) is 11.4 Å². The number of methoxy groups -OCH3 is 1. The first kappa shape index (κ1) is 17.5. The fourth-order valence-corrected chi connectivity index (χ4v) is 2.96. The zero-order valence-electron chi connectivity index (χ0n) is 13.9. The van der Waals surface area contributed by atoms with Crippen LogP contribution in [-0.2, 0) is 16.6 Å². The summed E-state index contributed by atoms with van der Waals surface area (Å²) in [6.45, 7) is 4.45. The van der Waals surface area contributed by atoms with E-state index in [1.54, 1.807) is 7.11 Å². The maximum atomic E-state index is 11.9. The van der Waals surface area contributed by atoms with Gasteiger partial charge in [-0.1, -0.05) is 36.0 Å². The first-order valence-corrected chi connectivity index (χ1v) is 8.38. The van der Waals surface area contributed by atoms with Crippen molar-refractivity contribution in [2.75, 3.05) is 19.5 Å². The zero-order chi connectivity index (χ0) is 16.8. The van der Waals surface area contributed by atoms with Gasteiger partial charge in [-0.25, -0.2) is 0 Å². The number of hydrogen-bond acceptors (Lipinski definition) is 5. The summed E-state index contributed by atoms with van der Waals surface area (Å²) < 4.78 is 6.92. The number of nitrogens with one attached hydrogen (secondary N) is 1. The van der Waals surface area contributed by atoms with Crippen LogP contribution in [0.5, 0.6) is 0 Å². The molecule has 0 aliphatic heterocycles. The van der Waals surface area contributed by atoms with Gasteiger partial charge in [0.05, 0.1) is 12.4 Å². The van der Waals surface area contributed by atoms with E-state index >= 15 is 0 Å². The number of aromatic nitrogens is 3. The molecule has 0 fully saturated rings. The predicted molar refractivity (Wildman–Crippen MR) is 91.4 cm³/mol. The number of nitrogens with zero attached hydrogens (tertiary/aromatic N) is 3. The second kappa shape index (κ2) is 8.12. The fourth-order valence-electron chi connectivity index (χ4n) is 2.24. The second-order valence-electron chi connectivity index (χ2n) is 5.39. The minimum Gasteiger partial charge on any atom is -0.383 e. The van der Waals surface area contributed by atoms with Gasteiger partial charge in [0.25, 0.3) is 0 Å². The molecule has 1 N–H and O–H groups in total. The number of thioether (sulfide) groups is 1. The molecule has 1 heterocycles. The minimum absolute atomic E-state index is 0.00451. The minimum atomic E-state index is -0.0417.